The number of rotatable bonds is 8. The Balaban J connectivity index is 1.26. The molecule has 4 aromatic rings. The van der Waals surface area contributed by atoms with Crippen molar-refractivity contribution in [1.29, 1.82) is 5.26 Å². The molecule has 12 heteroatoms. The van der Waals surface area contributed by atoms with Crippen LogP contribution in [0.2, 0.25) is 0 Å². The average Bonchev–Trinajstić information content (AvgIpc) is 3.50. The monoisotopic (exact) mass is 650 g/mol. The zero-order chi connectivity index (χ0) is 33.3. The lowest BCUT2D eigenvalue weighted by Gasteiger charge is -2.49. The van der Waals surface area contributed by atoms with E-state index in [1.54, 1.807) is 12.3 Å². The van der Waals surface area contributed by atoms with Gasteiger partial charge in [-0.15, -0.1) is 0 Å². The minimum Gasteiger partial charge on any atom is -0.465 e. The SMILES string of the molecule is CN1CCCC1COc1nc2c(c(N3CCN(C(=O)O)C(CC#N)(Cc4ccccc4)C3)n1)CCN(c1cncc3cc(F)ccc13)C2. The first-order valence-electron chi connectivity index (χ1n) is 16.5. The van der Waals surface area contributed by atoms with E-state index < -0.39 is 11.6 Å². The fraction of sp³-hybridized carbons (Fsp3) is 0.417. The van der Waals surface area contributed by atoms with Gasteiger partial charge in [-0.2, -0.15) is 15.2 Å². The van der Waals surface area contributed by atoms with E-state index in [-0.39, 0.29) is 24.8 Å². The summed E-state index contributed by atoms with van der Waals surface area (Å²) < 4.78 is 20.4. The minimum atomic E-state index is -1.03. The van der Waals surface area contributed by atoms with Crippen LogP contribution >= 0.6 is 0 Å². The molecule has 0 radical (unpaired) electrons. The summed E-state index contributed by atoms with van der Waals surface area (Å²) in [6.45, 7) is 3.59. The number of pyridine rings is 1. The number of hydrogen-bond acceptors (Lipinski definition) is 9. The second kappa shape index (κ2) is 13.2. The van der Waals surface area contributed by atoms with Crippen molar-refractivity contribution in [2.45, 2.75) is 50.2 Å². The van der Waals surface area contributed by atoms with Gasteiger partial charge in [-0.25, -0.2) is 9.18 Å². The average molecular weight is 651 g/mol. The number of nitrogens with zero attached hydrogens (tertiary/aromatic N) is 8. The van der Waals surface area contributed by atoms with Crippen LogP contribution in [-0.4, -0.2) is 93.9 Å². The summed E-state index contributed by atoms with van der Waals surface area (Å²) in [5.74, 6) is 0.424. The zero-order valence-electron chi connectivity index (χ0n) is 27.1. The number of anilines is 2. The maximum atomic E-state index is 14.0. The fourth-order valence-corrected chi connectivity index (χ4v) is 7.61. The molecule has 2 unspecified atom stereocenters. The molecule has 0 spiro atoms. The Morgan fingerprint density at radius 3 is 2.73 bits per heavy atom. The molecule has 2 aromatic heterocycles. The van der Waals surface area contributed by atoms with Crippen molar-refractivity contribution in [1.82, 2.24) is 24.8 Å². The second-order valence-corrected chi connectivity index (χ2v) is 13.1. The molecule has 3 aliphatic rings. The summed E-state index contributed by atoms with van der Waals surface area (Å²) in [5.41, 5.74) is 2.71. The molecule has 1 amide bonds. The Labute approximate surface area is 279 Å². The van der Waals surface area contributed by atoms with E-state index in [1.807, 2.05) is 36.5 Å². The molecule has 0 aliphatic carbocycles. The van der Waals surface area contributed by atoms with Crippen LogP contribution in [0.3, 0.4) is 0 Å². The van der Waals surface area contributed by atoms with Crippen molar-refractivity contribution < 1.29 is 19.0 Å². The third kappa shape index (κ3) is 6.18. The number of ether oxygens (including phenoxy) is 1. The number of likely N-dealkylation sites (tertiary alicyclic amines) is 1. The van der Waals surface area contributed by atoms with Gasteiger partial charge >= 0.3 is 12.1 Å². The Morgan fingerprint density at radius 1 is 1.10 bits per heavy atom. The van der Waals surface area contributed by atoms with E-state index in [0.29, 0.717) is 51.6 Å². The summed E-state index contributed by atoms with van der Waals surface area (Å²) in [6.07, 6.45) is 5.69. The highest BCUT2D eigenvalue weighted by Gasteiger charge is 2.46. The Bertz CT molecular complexity index is 1850. The number of carbonyl (C=O) groups is 1. The second-order valence-electron chi connectivity index (χ2n) is 13.1. The van der Waals surface area contributed by atoms with Crippen LogP contribution in [0.15, 0.2) is 60.9 Å². The van der Waals surface area contributed by atoms with Crippen molar-refractivity contribution in [2.75, 3.05) is 56.2 Å². The van der Waals surface area contributed by atoms with E-state index in [9.17, 15) is 19.6 Å². The van der Waals surface area contributed by atoms with E-state index in [4.69, 9.17) is 14.7 Å². The van der Waals surface area contributed by atoms with Crippen molar-refractivity contribution in [2.24, 2.45) is 0 Å². The van der Waals surface area contributed by atoms with Gasteiger partial charge in [-0.3, -0.25) is 9.88 Å². The molecule has 2 atom stereocenters. The molecule has 11 nitrogen and oxygen atoms in total. The van der Waals surface area contributed by atoms with E-state index >= 15 is 0 Å². The Kier molecular flexibility index (Phi) is 8.71. The number of hydrogen-bond donors (Lipinski definition) is 1. The highest BCUT2D eigenvalue weighted by molar-refractivity contribution is 5.93. The number of halogens is 1. The van der Waals surface area contributed by atoms with Gasteiger partial charge in [0.25, 0.3) is 0 Å². The molecule has 2 fully saturated rings. The van der Waals surface area contributed by atoms with Gasteiger partial charge in [-0.05, 0) is 63.0 Å². The van der Waals surface area contributed by atoms with Crippen LogP contribution in [0.1, 0.15) is 36.1 Å². The molecular formula is C36H39FN8O3. The normalized spacial score (nSPS) is 21.3. The molecule has 48 heavy (non-hydrogen) atoms. The third-order valence-corrected chi connectivity index (χ3v) is 10.1. The summed E-state index contributed by atoms with van der Waals surface area (Å²) in [5, 5.41) is 22.0. The number of benzene rings is 2. The van der Waals surface area contributed by atoms with E-state index in [0.717, 1.165) is 58.5 Å². The maximum Gasteiger partial charge on any atom is 0.407 e. The number of fused-ring (bicyclic) bond motifs is 2. The van der Waals surface area contributed by atoms with Crippen LogP contribution in [-0.2, 0) is 19.4 Å². The number of likely N-dealkylation sites (N-methyl/N-ethyl adjacent to an activating group) is 1. The molecule has 1 N–H and O–H groups in total. The first kappa shape index (κ1) is 31.6. The zero-order valence-corrected chi connectivity index (χ0v) is 27.1. The quantitative estimate of drug-likeness (QED) is 0.282. The lowest BCUT2D eigenvalue weighted by molar-refractivity contribution is 0.0668. The number of aromatic nitrogens is 3. The van der Waals surface area contributed by atoms with Gasteiger partial charge in [0.15, 0.2) is 0 Å². The van der Waals surface area contributed by atoms with Crippen molar-refractivity contribution in [3.8, 4) is 12.1 Å². The molecule has 0 bridgehead atoms. The van der Waals surface area contributed by atoms with Gasteiger partial charge in [-0.1, -0.05) is 30.3 Å². The Morgan fingerprint density at radius 2 is 1.96 bits per heavy atom. The number of piperazine rings is 1. The van der Waals surface area contributed by atoms with Gasteiger partial charge in [0, 0.05) is 54.8 Å². The van der Waals surface area contributed by atoms with Gasteiger partial charge in [0.05, 0.1) is 42.2 Å². The van der Waals surface area contributed by atoms with Crippen LogP contribution in [0.5, 0.6) is 6.01 Å². The molecular weight excluding hydrogens is 611 g/mol. The first-order chi connectivity index (χ1) is 23.3. The predicted molar refractivity (Wildman–Crippen MR) is 180 cm³/mol. The minimum absolute atomic E-state index is 0.0395. The molecule has 3 aliphatic heterocycles. The molecule has 2 aromatic carbocycles. The topological polar surface area (TPSA) is 122 Å². The molecule has 248 valence electrons. The lowest BCUT2D eigenvalue weighted by Crippen LogP contribution is -2.65. The van der Waals surface area contributed by atoms with Crippen molar-refractivity contribution in [3.05, 3.63) is 83.6 Å². The molecule has 2 saturated heterocycles. The summed E-state index contributed by atoms with van der Waals surface area (Å²) in [4.78, 5) is 35.0. The highest BCUT2D eigenvalue weighted by Crippen LogP contribution is 2.37. The first-order valence-corrected chi connectivity index (χ1v) is 16.5. The summed E-state index contributed by atoms with van der Waals surface area (Å²) >= 11 is 0. The van der Waals surface area contributed by atoms with Crippen LogP contribution in [0.25, 0.3) is 10.8 Å². The van der Waals surface area contributed by atoms with Crippen LogP contribution in [0.4, 0.5) is 20.7 Å². The van der Waals surface area contributed by atoms with E-state index in [2.05, 4.69) is 32.8 Å². The van der Waals surface area contributed by atoms with Gasteiger partial charge in [0.1, 0.15) is 18.2 Å². The third-order valence-electron chi connectivity index (χ3n) is 10.1. The number of amides is 1. The smallest absolute Gasteiger partial charge is 0.407 e. The molecule has 7 rings (SSSR count). The van der Waals surface area contributed by atoms with Crippen molar-refractivity contribution in [3.63, 3.8) is 0 Å². The largest absolute Gasteiger partial charge is 0.465 e. The maximum absolute atomic E-state index is 14.0. The Hall–Kier alpha value is -5.02. The standard InChI is InChI=1S/C36H39FN8O3/c1-42-14-5-8-28(42)23-48-34-40-31-22-43(32-21-39-20-26-18-27(37)9-10-29(26)32)15-11-30(31)33(41-34)44-16-17-45(35(46)47)36(24-44,12-13-38)19-25-6-3-2-4-7-25/h2-4,6-7,9-10,18,20-21,28H,5,8,11-12,14-17,19,22-24H2,1H3,(H,46,47). The predicted octanol–water partition coefficient (Wildman–Crippen LogP) is 4.89. The van der Waals surface area contributed by atoms with E-state index in [1.165, 1.54) is 17.0 Å². The number of nitriles is 1. The van der Waals surface area contributed by atoms with Crippen LogP contribution < -0.4 is 14.5 Å². The lowest BCUT2D eigenvalue weighted by atomic mass is 9.83. The van der Waals surface area contributed by atoms with Gasteiger partial charge < -0.3 is 24.5 Å². The van der Waals surface area contributed by atoms with Crippen LogP contribution in [0, 0.1) is 17.1 Å². The fourth-order valence-electron chi connectivity index (χ4n) is 7.61. The summed E-state index contributed by atoms with van der Waals surface area (Å²) in [7, 11) is 2.10. The summed E-state index contributed by atoms with van der Waals surface area (Å²) in [6, 6.07) is 17.4. The number of carboxylic acid groups (broad SMARTS) is 1. The highest BCUT2D eigenvalue weighted by atomic mass is 19.1. The molecule has 0 saturated carbocycles. The van der Waals surface area contributed by atoms with Crippen molar-refractivity contribution >= 4 is 28.4 Å². The molecule has 5 heterocycles. The van der Waals surface area contributed by atoms with Gasteiger partial charge in [0.2, 0.25) is 0 Å².